The molecule has 1 aromatic heterocycles. The van der Waals surface area contributed by atoms with Crippen molar-refractivity contribution >= 4 is 21.9 Å². The van der Waals surface area contributed by atoms with Crippen LogP contribution in [0.5, 0.6) is 17.2 Å². The molecule has 0 aliphatic carbocycles. The highest BCUT2D eigenvalue weighted by molar-refractivity contribution is 5.97. The highest BCUT2D eigenvalue weighted by Crippen LogP contribution is 2.38. The SMILES string of the molecule is C=CCc1c(OCc2ccccc2)cc(OC)c2c(=O)c3cccc(OCc4ccccc4)c3oc12. The topological polar surface area (TPSA) is 57.9 Å². The van der Waals surface area contributed by atoms with E-state index in [4.69, 9.17) is 18.6 Å². The Labute approximate surface area is 209 Å². The number of allylic oxidation sites excluding steroid dienone is 1. The molecule has 0 amide bonds. The molecule has 0 unspecified atom stereocenters. The molecular weight excluding hydrogens is 452 g/mol. The van der Waals surface area contributed by atoms with Crippen molar-refractivity contribution in [1.82, 2.24) is 0 Å². The first-order valence-electron chi connectivity index (χ1n) is 11.7. The van der Waals surface area contributed by atoms with Crippen LogP contribution in [0.25, 0.3) is 21.9 Å². The fraction of sp³-hybridized carbons (Fsp3) is 0.129. The van der Waals surface area contributed by atoms with Crippen LogP contribution >= 0.6 is 0 Å². The first kappa shape index (κ1) is 23.2. The Hall–Kier alpha value is -4.51. The zero-order valence-corrected chi connectivity index (χ0v) is 20.0. The van der Waals surface area contributed by atoms with Gasteiger partial charge in [-0.3, -0.25) is 4.79 Å². The normalized spacial score (nSPS) is 10.9. The van der Waals surface area contributed by atoms with E-state index in [1.165, 1.54) is 7.11 Å². The molecule has 5 heteroatoms. The fourth-order valence-corrected chi connectivity index (χ4v) is 4.23. The molecule has 0 N–H and O–H groups in total. The highest BCUT2D eigenvalue weighted by Gasteiger charge is 2.21. The van der Waals surface area contributed by atoms with Gasteiger partial charge in [0.05, 0.1) is 12.5 Å². The molecule has 0 saturated carbocycles. The summed E-state index contributed by atoms with van der Waals surface area (Å²) in [6, 6.07) is 26.8. The molecule has 180 valence electrons. The molecule has 4 aromatic carbocycles. The van der Waals surface area contributed by atoms with Crippen LogP contribution in [0.4, 0.5) is 0 Å². The monoisotopic (exact) mass is 478 g/mol. The maximum atomic E-state index is 13.7. The number of fused-ring (bicyclic) bond motifs is 2. The van der Waals surface area contributed by atoms with Gasteiger partial charge in [0, 0.05) is 11.6 Å². The Morgan fingerprint density at radius 2 is 1.42 bits per heavy atom. The van der Waals surface area contributed by atoms with Crippen LogP contribution < -0.4 is 19.6 Å². The van der Waals surface area contributed by atoms with Gasteiger partial charge in [-0.15, -0.1) is 6.58 Å². The first-order valence-corrected chi connectivity index (χ1v) is 11.7. The van der Waals surface area contributed by atoms with Crippen molar-refractivity contribution in [3.8, 4) is 17.2 Å². The second kappa shape index (κ2) is 10.4. The van der Waals surface area contributed by atoms with E-state index in [9.17, 15) is 4.79 Å². The number of rotatable bonds is 9. The Kier molecular flexibility index (Phi) is 6.72. The molecular formula is C31H26O5. The van der Waals surface area contributed by atoms with E-state index < -0.39 is 0 Å². The minimum atomic E-state index is -0.187. The van der Waals surface area contributed by atoms with Gasteiger partial charge in [-0.25, -0.2) is 0 Å². The molecule has 0 aliphatic rings. The lowest BCUT2D eigenvalue weighted by molar-refractivity contribution is 0.300. The standard InChI is InChI=1S/C31H26O5/c1-3-11-23-26(35-20-22-14-8-5-9-15-22)18-27(33-2)28-29(32)24-16-10-17-25(30(24)36-31(23)28)34-19-21-12-6-4-7-13-21/h3-10,12-18H,1,11,19-20H2,2H3. The predicted molar refractivity (Wildman–Crippen MR) is 142 cm³/mol. The smallest absolute Gasteiger partial charge is 0.204 e. The lowest BCUT2D eigenvalue weighted by Gasteiger charge is -2.16. The molecule has 36 heavy (non-hydrogen) atoms. The van der Waals surface area contributed by atoms with E-state index in [1.54, 1.807) is 30.3 Å². The van der Waals surface area contributed by atoms with E-state index >= 15 is 0 Å². The second-order valence-electron chi connectivity index (χ2n) is 8.37. The van der Waals surface area contributed by atoms with Gasteiger partial charge in [0.15, 0.2) is 11.3 Å². The summed E-state index contributed by atoms with van der Waals surface area (Å²) in [6.45, 7) is 4.61. The third kappa shape index (κ3) is 4.56. The van der Waals surface area contributed by atoms with Crippen molar-refractivity contribution < 1.29 is 18.6 Å². The maximum Gasteiger partial charge on any atom is 0.204 e. The zero-order chi connectivity index (χ0) is 24.9. The highest BCUT2D eigenvalue weighted by atomic mass is 16.5. The number of hydrogen-bond donors (Lipinski definition) is 0. The van der Waals surface area contributed by atoms with Crippen molar-refractivity contribution in [2.75, 3.05) is 7.11 Å². The Morgan fingerprint density at radius 1 is 0.778 bits per heavy atom. The number of benzene rings is 4. The Balaban J connectivity index is 1.66. The van der Waals surface area contributed by atoms with E-state index in [2.05, 4.69) is 6.58 Å². The Bertz CT molecular complexity index is 1570. The van der Waals surface area contributed by atoms with Gasteiger partial charge >= 0.3 is 0 Å². The summed E-state index contributed by atoms with van der Waals surface area (Å²) < 4.78 is 24.3. The summed E-state index contributed by atoms with van der Waals surface area (Å²) >= 11 is 0. The Morgan fingerprint density at radius 3 is 2.03 bits per heavy atom. The lowest BCUT2D eigenvalue weighted by atomic mass is 10.0. The van der Waals surface area contributed by atoms with Crippen molar-refractivity contribution in [3.63, 3.8) is 0 Å². The van der Waals surface area contributed by atoms with Crippen molar-refractivity contribution in [1.29, 1.82) is 0 Å². The molecule has 0 spiro atoms. The van der Waals surface area contributed by atoms with Gasteiger partial charge in [0.25, 0.3) is 0 Å². The van der Waals surface area contributed by atoms with Crippen LogP contribution in [-0.2, 0) is 19.6 Å². The van der Waals surface area contributed by atoms with E-state index in [1.807, 2.05) is 60.7 Å². The quantitative estimate of drug-likeness (QED) is 0.171. The number of para-hydroxylation sites is 1. The summed E-state index contributed by atoms with van der Waals surface area (Å²) in [5, 5.41) is 0.794. The van der Waals surface area contributed by atoms with Gasteiger partial charge in [-0.1, -0.05) is 72.8 Å². The summed E-state index contributed by atoms with van der Waals surface area (Å²) in [4.78, 5) is 13.7. The van der Waals surface area contributed by atoms with Gasteiger partial charge in [-0.05, 0) is 29.7 Å². The molecule has 0 aliphatic heterocycles. The molecule has 5 aromatic rings. The molecule has 1 heterocycles. The van der Waals surface area contributed by atoms with Crippen LogP contribution in [-0.4, -0.2) is 7.11 Å². The molecule has 0 radical (unpaired) electrons. The van der Waals surface area contributed by atoms with Crippen LogP contribution in [0, 0.1) is 0 Å². The van der Waals surface area contributed by atoms with E-state index in [0.29, 0.717) is 58.8 Å². The van der Waals surface area contributed by atoms with Crippen LogP contribution in [0.2, 0.25) is 0 Å². The average Bonchev–Trinajstić information content (AvgIpc) is 2.93. The minimum Gasteiger partial charge on any atom is -0.496 e. The van der Waals surface area contributed by atoms with Gasteiger partial charge in [-0.2, -0.15) is 0 Å². The summed E-state index contributed by atoms with van der Waals surface area (Å²) in [5.74, 6) is 1.47. The molecule has 0 atom stereocenters. The summed E-state index contributed by atoms with van der Waals surface area (Å²) in [5.41, 5.74) is 3.38. The van der Waals surface area contributed by atoms with Crippen LogP contribution in [0.3, 0.4) is 0 Å². The van der Waals surface area contributed by atoms with E-state index in [-0.39, 0.29) is 5.43 Å². The summed E-state index contributed by atoms with van der Waals surface area (Å²) in [7, 11) is 1.53. The number of ether oxygens (including phenoxy) is 3. The number of methoxy groups -OCH3 is 1. The van der Waals surface area contributed by atoms with Gasteiger partial charge in [0.2, 0.25) is 5.43 Å². The lowest BCUT2D eigenvalue weighted by Crippen LogP contribution is -2.08. The van der Waals surface area contributed by atoms with Gasteiger partial charge in [0.1, 0.15) is 35.7 Å². The molecule has 0 saturated heterocycles. The maximum absolute atomic E-state index is 13.7. The van der Waals surface area contributed by atoms with Crippen molar-refractivity contribution in [2.24, 2.45) is 0 Å². The third-order valence-electron chi connectivity index (χ3n) is 6.00. The van der Waals surface area contributed by atoms with Crippen LogP contribution in [0.15, 0.2) is 107 Å². The minimum absolute atomic E-state index is 0.187. The first-order chi connectivity index (χ1) is 17.7. The largest absolute Gasteiger partial charge is 0.496 e. The van der Waals surface area contributed by atoms with Crippen LogP contribution in [0.1, 0.15) is 16.7 Å². The predicted octanol–water partition coefficient (Wildman–Crippen LogP) is 6.84. The third-order valence-corrected chi connectivity index (χ3v) is 6.00. The summed E-state index contributed by atoms with van der Waals surface area (Å²) in [6.07, 6.45) is 2.21. The van der Waals surface area contributed by atoms with Crippen molar-refractivity contribution in [3.05, 3.63) is 124 Å². The zero-order valence-electron chi connectivity index (χ0n) is 20.0. The molecule has 5 rings (SSSR count). The molecule has 0 fully saturated rings. The number of hydrogen-bond acceptors (Lipinski definition) is 5. The van der Waals surface area contributed by atoms with E-state index in [0.717, 1.165) is 16.7 Å². The average molecular weight is 479 g/mol. The molecule has 5 nitrogen and oxygen atoms in total. The second-order valence-corrected chi connectivity index (χ2v) is 8.37. The van der Waals surface area contributed by atoms with Gasteiger partial charge < -0.3 is 18.6 Å². The molecule has 0 bridgehead atoms. The fourth-order valence-electron chi connectivity index (χ4n) is 4.23. The van der Waals surface area contributed by atoms with Crippen molar-refractivity contribution in [2.45, 2.75) is 19.6 Å².